The third kappa shape index (κ3) is 5.24. The lowest BCUT2D eigenvalue weighted by Gasteiger charge is -2.30. The molecule has 0 radical (unpaired) electrons. The number of rotatable bonds is 7. The van der Waals surface area contributed by atoms with Crippen LogP contribution in [0.3, 0.4) is 0 Å². The van der Waals surface area contributed by atoms with Crippen molar-refractivity contribution in [2.24, 2.45) is 5.73 Å². The Morgan fingerprint density at radius 1 is 0.972 bits per heavy atom. The third-order valence-corrected chi connectivity index (χ3v) is 5.81. The Morgan fingerprint density at radius 3 is 2.28 bits per heavy atom. The summed E-state index contributed by atoms with van der Waals surface area (Å²) >= 11 is 6.02. The van der Waals surface area contributed by atoms with Gasteiger partial charge in [0, 0.05) is 39.7 Å². The summed E-state index contributed by atoms with van der Waals surface area (Å²) < 4.78 is 6.24. The van der Waals surface area contributed by atoms with Crippen LogP contribution in [0.25, 0.3) is 11.3 Å². The summed E-state index contributed by atoms with van der Waals surface area (Å²) in [6.07, 6.45) is 1.41. The second kappa shape index (κ2) is 10.8. The number of methoxy groups -OCH3 is 1. The second-order valence-electron chi connectivity index (χ2n) is 7.81. The van der Waals surface area contributed by atoms with Gasteiger partial charge in [-0.2, -0.15) is 4.73 Å². The van der Waals surface area contributed by atoms with Gasteiger partial charge < -0.3 is 21.0 Å². The van der Waals surface area contributed by atoms with Crippen LogP contribution in [0.2, 0.25) is 5.02 Å². The maximum atomic E-state index is 13.7. The highest BCUT2D eigenvalue weighted by Gasteiger charge is 2.34. The standard InChI is InChI=1S/C27H23ClN4O4/c1-36-24-8-3-2-6-22(24)25(32(27(29)34)21-15-11-19(28)12-16-21)26(33)30-20-13-9-18(10-14-20)23-7-4-5-17-31(23)35/h2-17,25H,1H3,(H2,29,34)(H,30,33). The van der Waals surface area contributed by atoms with Crippen LogP contribution in [-0.2, 0) is 4.79 Å². The molecule has 0 aliphatic carbocycles. The summed E-state index contributed by atoms with van der Waals surface area (Å²) in [5.41, 5.74) is 8.23. The molecule has 0 saturated carbocycles. The average molecular weight is 503 g/mol. The van der Waals surface area contributed by atoms with Gasteiger partial charge in [-0.25, -0.2) is 4.79 Å². The molecule has 36 heavy (non-hydrogen) atoms. The van der Waals surface area contributed by atoms with Crippen molar-refractivity contribution in [1.82, 2.24) is 0 Å². The van der Waals surface area contributed by atoms with Crippen molar-refractivity contribution in [1.29, 1.82) is 0 Å². The average Bonchev–Trinajstić information content (AvgIpc) is 2.88. The summed E-state index contributed by atoms with van der Waals surface area (Å²) in [7, 11) is 1.48. The number of primary amides is 1. The van der Waals surface area contributed by atoms with E-state index in [4.69, 9.17) is 22.1 Å². The number of anilines is 2. The highest BCUT2D eigenvalue weighted by Crippen LogP contribution is 2.34. The summed E-state index contributed by atoms with van der Waals surface area (Å²) in [6, 6.07) is 23.3. The maximum Gasteiger partial charge on any atom is 0.320 e. The Balaban J connectivity index is 1.71. The lowest BCUT2D eigenvalue weighted by molar-refractivity contribution is -0.593. The second-order valence-corrected chi connectivity index (χ2v) is 8.24. The molecular weight excluding hydrogens is 480 g/mol. The van der Waals surface area contributed by atoms with E-state index in [0.29, 0.717) is 39.0 Å². The van der Waals surface area contributed by atoms with Gasteiger partial charge in [0.15, 0.2) is 6.20 Å². The first-order valence-corrected chi connectivity index (χ1v) is 11.3. The number of nitrogens with zero attached hydrogens (tertiary/aromatic N) is 2. The fraction of sp³-hybridized carbons (Fsp3) is 0.0741. The highest BCUT2D eigenvalue weighted by molar-refractivity contribution is 6.30. The number of benzene rings is 3. The van der Waals surface area contributed by atoms with Crippen molar-refractivity contribution in [3.63, 3.8) is 0 Å². The molecule has 9 heteroatoms. The van der Waals surface area contributed by atoms with E-state index in [1.807, 2.05) is 0 Å². The number of hydrogen-bond acceptors (Lipinski definition) is 4. The number of urea groups is 1. The molecule has 1 atom stereocenters. The van der Waals surface area contributed by atoms with Crippen molar-refractivity contribution >= 4 is 34.9 Å². The third-order valence-electron chi connectivity index (χ3n) is 5.55. The zero-order valence-electron chi connectivity index (χ0n) is 19.3. The van der Waals surface area contributed by atoms with Crippen molar-refractivity contribution < 1.29 is 19.1 Å². The Morgan fingerprint density at radius 2 is 1.64 bits per heavy atom. The molecule has 3 aromatic carbocycles. The Hall–Kier alpha value is -4.56. The molecule has 1 unspecified atom stereocenters. The lowest BCUT2D eigenvalue weighted by Crippen LogP contribution is -2.44. The van der Waals surface area contributed by atoms with Crippen LogP contribution in [0.4, 0.5) is 16.2 Å². The summed E-state index contributed by atoms with van der Waals surface area (Å²) in [5, 5.41) is 15.4. The molecule has 0 saturated heterocycles. The van der Waals surface area contributed by atoms with Crippen LogP contribution < -0.4 is 25.4 Å². The summed E-state index contributed by atoms with van der Waals surface area (Å²) in [5.74, 6) is -0.100. The van der Waals surface area contributed by atoms with Gasteiger partial charge in [0.1, 0.15) is 11.8 Å². The number of hydrogen-bond donors (Lipinski definition) is 2. The van der Waals surface area contributed by atoms with Crippen molar-refractivity contribution in [3.8, 4) is 17.0 Å². The first kappa shape index (κ1) is 24.6. The van der Waals surface area contributed by atoms with E-state index >= 15 is 0 Å². The van der Waals surface area contributed by atoms with Gasteiger partial charge in [0.2, 0.25) is 5.69 Å². The molecule has 0 spiro atoms. The summed E-state index contributed by atoms with van der Waals surface area (Å²) in [4.78, 5) is 27.5. The quantitative estimate of drug-likeness (QED) is 0.276. The monoisotopic (exact) mass is 502 g/mol. The molecule has 1 heterocycles. The number of halogens is 1. The fourth-order valence-electron chi connectivity index (χ4n) is 3.88. The van der Waals surface area contributed by atoms with Crippen LogP contribution in [0, 0.1) is 5.21 Å². The van der Waals surface area contributed by atoms with E-state index in [9.17, 15) is 14.8 Å². The van der Waals surface area contributed by atoms with E-state index < -0.39 is 18.0 Å². The van der Waals surface area contributed by atoms with Gasteiger partial charge in [0.25, 0.3) is 5.91 Å². The molecule has 8 nitrogen and oxygen atoms in total. The van der Waals surface area contributed by atoms with E-state index in [2.05, 4.69) is 5.32 Å². The maximum absolute atomic E-state index is 13.7. The van der Waals surface area contributed by atoms with Gasteiger partial charge in [-0.15, -0.1) is 0 Å². The number of aromatic nitrogens is 1. The minimum atomic E-state index is -1.16. The van der Waals surface area contributed by atoms with Crippen LogP contribution >= 0.6 is 11.6 Å². The van der Waals surface area contributed by atoms with Gasteiger partial charge in [0.05, 0.1) is 7.11 Å². The minimum absolute atomic E-state index is 0.386. The normalized spacial score (nSPS) is 11.4. The van der Waals surface area contributed by atoms with Gasteiger partial charge in [-0.05, 0) is 60.7 Å². The topological polar surface area (TPSA) is 112 Å². The zero-order valence-corrected chi connectivity index (χ0v) is 20.1. The predicted octanol–water partition coefficient (Wildman–Crippen LogP) is 4.91. The fourth-order valence-corrected chi connectivity index (χ4v) is 4.01. The molecule has 0 fully saturated rings. The van der Waals surface area contributed by atoms with Gasteiger partial charge >= 0.3 is 6.03 Å². The Bertz CT molecular complexity index is 1380. The number of nitrogens with two attached hydrogens (primary N) is 1. The number of carbonyl (C=O) groups is 2. The first-order valence-electron chi connectivity index (χ1n) is 11.0. The van der Waals surface area contributed by atoms with Crippen LogP contribution in [0.15, 0.2) is 97.2 Å². The molecular formula is C27H23ClN4O4. The van der Waals surface area contributed by atoms with Gasteiger partial charge in [-0.3, -0.25) is 9.69 Å². The zero-order chi connectivity index (χ0) is 25.7. The number of amides is 3. The van der Waals surface area contributed by atoms with E-state index in [0.717, 1.165) is 4.73 Å². The minimum Gasteiger partial charge on any atom is -0.618 e. The van der Waals surface area contributed by atoms with E-state index in [1.165, 1.54) is 18.2 Å². The van der Waals surface area contributed by atoms with Crippen LogP contribution in [0.1, 0.15) is 11.6 Å². The number of para-hydroxylation sites is 1. The molecule has 3 amide bonds. The molecule has 0 aliphatic rings. The van der Waals surface area contributed by atoms with Gasteiger partial charge in [-0.1, -0.05) is 29.8 Å². The molecule has 1 aromatic heterocycles. The number of ether oxygens (including phenoxy) is 1. The molecule has 182 valence electrons. The molecule has 0 aliphatic heterocycles. The largest absolute Gasteiger partial charge is 0.618 e. The number of nitrogens with one attached hydrogen (secondary N) is 1. The summed E-state index contributed by atoms with van der Waals surface area (Å²) in [6.45, 7) is 0. The molecule has 4 rings (SSSR count). The number of carbonyl (C=O) groups excluding carboxylic acids is 2. The predicted molar refractivity (Wildman–Crippen MR) is 139 cm³/mol. The Labute approximate surface area is 213 Å². The highest BCUT2D eigenvalue weighted by atomic mass is 35.5. The smallest absolute Gasteiger partial charge is 0.320 e. The number of pyridine rings is 1. The van der Waals surface area contributed by atoms with Crippen molar-refractivity contribution in [3.05, 3.63) is 113 Å². The SMILES string of the molecule is COc1ccccc1C(C(=O)Nc1ccc(-c2cccc[n+]2[O-])cc1)N(C(N)=O)c1ccc(Cl)cc1. The Kier molecular flexibility index (Phi) is 7.36. The molecule has 3 N–H and O–H groups in total. The van der Waals surface area contributed by atoms with E-state index in [-0.39, 0.29) is 0 Å². The van der Waals surface area contributed by atoms with E-state index in [1.54, 1.807) is 91.0 Å². The van der Waals surface area contributed by atoms with Crippen LogP contribution in [0.5, 0.6) is 5.75 Å². The molecule has 0 bridgehead atoms. The van der Waals surface area contributed by atoms with Crippen molar-refractivity contribution in [2.45, 2.75) is 6.04 Å². The lowest BCUT2D eigenvalue weighted by atomic mass is 10.0. The van der Waals surface area contributed by atoms with Crippen molar-refractivity contribution in [2.75, 3.05) is 17.3 Å². The molecule has 4 aromatic rings. The van der Waals surface area contributed by atoms with Crippen LogP contribution in [-0.4, -0.2) is 19.0 Å². The first-order chi connectivity index (χ1) is 17.4.